The van der Waals surface area contributed by atoms with Crippen molar-refractivity contribution in [2.24, 2.45) is 5.73 Å². The zero-order chi connectivity index (χ0) is 16.3. The Kier molecular flexibility index (Phi) is 8.43. The zero-order valence-corrected chi connectivity index (χ0v) is 14.8. The summed E-state index contributed by atoms with van der Waals surface area (Å²) in [6, 6.07) is 9.09. The van der Waals surface area contributed by atoms with E-state index in [-0.39, 0.29) is 0 Å². The van der Waals surface area contributed by atoms with Crippen LogP contribution in [0.1, 0.15) is 38.2 Å². The van der Waals surface area contributed by atoms with Crippen LogP contribution in [-0.2, 0) is 6.54 Å². The molecule has 130 valence electrons. The second-order valence-electron chi connectivity index (χ2n) is 6.47. The van der Waals surface area contributed by atoms with Gasteiger partial charge in [0.2, 0.25) is 0 Å². The molecule has 0 aliphatic carbocycles. The zero-order valence-electron chi connectivity index (χ0n) is 14.8. The van der Waals surface area contributed by atoms with Crippen molar-refractivity contribution in [3.8, 4) is 0 Å². The average molecular weight is 319 g/mol. The normalized spacial score (nSPS) is 16.0. The minimum Gasteiger partial charge on any atom is -0.369 e. The molecular formula is C19H34N4. The predicted octanol–water partition coefficient (Wildman–Crippen LogP) is 2.44. The minimum absolute atomic E-state index is 0.827. The summed E-state index contributed by atoms with van der Waals surface area (Å²) in [6.45, 7) is 11.0. The molecule has 0 amide bonds. The molecule has 0 spiro atoms. The van der Waals surface area contributed by atoms with Crippen LogP contribution in [0.4, 0.5) is 5.69 Å². The number of nitrogens with one attached hydrogen (secondary N) is 1. The van der Waals surface area contributed by atoms with Gasteiger partial charge in [-0.15, -0.1) is 0 Å². The van der Waals surface area contributed by atoms with Crippen molar-refractivity contribution >= 4 is 5.69 Å². The molecular weight excluding hydrogens is 284 g/mol. The van der Waals surface area contributed by atoms with Gasteiger partial charge in [0.05, 0.1) is 0 Å². The third-order valence-corrected chi connectivity index (χ3v) is 4.76. The molecule has 0 aromatic heterocycles. The molecule has 2 rings (SSSR count). The average Bonchev–Trinajstić information content (AvgIpc) is 2.61. The third kappa shape index (κ3) is 6.50. The lowest BCUT2D eigenvalue weighted by atomic mass is 10.1. The molecule has 23 heavy (non-hydrogen) atoms. The SMILES string of the molecule is CCN1CCN(c2ccc(CNCCCCCCN)cc2)CC1. The number of hydrogen-bond acceptors (Lipinski definition) is 4. The summed E-state index contributed by atoms with van der Waals surface area (Å²) in [6.07, 6.45) is 4.96. The van der Waals surface area contributed by atoms with Crippen molar-refractivity contribution in [3.05, 3.63) is 29.8 Å². The minimum atomic E-state index is 0.827. The molecule has 3 N–H and O–H groups in total. The maximum atomic E-state index is 5.50. The van der Waals surface area contributed by atoms with E-state index in [1.807, 2.05) is 0 Å². The van der Waals surface area contributed by atoms with Crippen LogP contribution in [0.3, 0.4) is 0 Å². The van der Waals surface area contributed by atoms with Crippen LogP contribution in [0.15, 0.2) is 24.3 Å². The second kappa shape index (κ2) is 10.6. The highest BCUT2D eigenvalue weighted by molar-refractivity contribution is 5.48. The van der Waals surface area contributed by atoms with Crippen LogP contribution in [0.2, 0.25) is 0 Å². The first-order chi connectivity index (χ1) is 11.3. The number of hydrogen-bond donors (Lipinski definition) is 2. The van der Waals surface area contributed by atoms with E-state index in [0.717, 1.165) is 39.1 Å². The number of unbranched alkanes of at least 4 members (excludes halogenated alkanes) is 3. The number of anilines is 1. The van der Waals surface area contributed by atoms with Gasteiger partial charge in [-0.25, -0.2) is 0 Å². The van der Waals surface area contributed by atoms with Gasteiger partial charge in [0, 0.05) is 38.4 Å². The molecule has 1 aromatic carbocycles. The first kappa shape index (κ1) is 18.2. The van der Waals surface area contributed by atoms with Crippen LogP contribution >= 0.6 is 0 Å². The Bertz CT molecular complexity index is 410. The quantitative estimate of drug-likeness (QED) is 0.650. The highest BCUT2D eigenvalue weighted by Crippen LogP contribution is 2.17. The lowest BCUT2D eigenvalue weighted by molar-refractivity contribution is 0.271. The summed E-state index contributed by atoms with van der Waals surface area (Å²) in [7, 11) is 0. The van der Waals surface area contributed by atoms with Gasteiger partial charge in [0.25, 0.3) is 0 Å². The number of benzene rings is 1. The highest BCUT2D eigenvalue weighted by Gasteiger charge is 2.15. The molecule has 1 heterocycles. The Balaban J connectivity index is 1.64. The van der Waals surface area contributed by atoms with Gasteiger partial charge in [-0.3, -0.25) is 0 Å². The van der Waals surface area contributed by atoms with Gasteiger partial charge in [-0.1, -0.05) is 31.9 Å². The Morgan fingerprint density at radius 2 is 1.65 bits per heavy atom. The van der Waals surface area contributed by atoms with Crippen LogP contribution in [-0.4, -0.2) is 50.7 Å². The second-order valence-corrected chi connectivity index (χ2v) is 6.47. The molecule has 0 atom stereocenters. The first-order valence-corrected chi connectivity index (χ1v) is 9.30. The topological polar surface area (TPSA) is 44.5 Å². The molecule has 1 saturated heterocycles. The summed E-state index contributed by atoms with van der Waals surface area (Å²) < 4.78 is 0. The van der Waals surface area contributed by atoms with E-state index in [0.29, 0.717) is 0 Å². The van der Waals surface area contributed by atoms with Crippen molar-refractivity contribution in [1.82, 2.24) is 10.2 Å². The molecule has 0 saturated carbocycles. The van der Waals surface area contributed by atoms with Crippen LogP contribution < -0.4 is 16.0 Å². The molecule has 1 aliphatic rings. The smallest absolute Gasteiger partial charge is 0.0367 e. The Morgan fingerprint density at radius 1 is 0.957 bits per heavy atom. The summed E-state index contributed by atoms with van der Waals surface area (Å²) in [4.78, 5) is 5.02. The summed E-state index contributed by atoms with van der Waals surface area (Å²) in [5, 5.41) is 3.54. The van der Waals surface area contributed by atoms with E-state index in [1.54, 1.807) is 0 Å². The van der Waals surface area contributed by atoms with E-state index in [4.69, 9.17) is 5.73 Å². The standard InChI is InChI=1S/C19H34N4/c1-2-22-13-15-23(16-14-22)19-9-7-18(8-10-19)17-21-12-6-4-3-5-11-20/h7-10,21H,2-6,11-17,20H2,1H3. The maximum absolute atomic E-state index is 5.50. The van der Waals surface area contributed by atoms with Crippen LogP contribution in [0.5, 0.6) is 0 Å². The summed E-state index contributed by atoms with van der Waals surface area (Å²) in [5.41, 5.74) is 8.25. The Hall–Kier alpha value is -1.10. The van der Waals surface area contributed by atoms with Crippen molar-refractivity contribution in [1.29, 1.82) is 0 Å². The fourth-order valence-electron chi connectivity index (χ4n) is 3.13. The molecule has 0 bridgehead atoms. The monoisotopic (exact) mass is 318 g/mol. The number of nitrogens with zero attached hydrogens (tertiary/aromatic N) is 2. The number of rotatable bonds is 10. The van der Waals surface area contributed by atoms with Gasteiger partial charge >= 0.3 is 0 Å². The molecule has 4 heteroatoms. The van der Waals surface area contributed by atoms with Gasteiger partial charge < -0.3 is 20.9 Å². The van der Waals surface area contributed by atoms with E-state index in [2.05, 4.69) is 46.3 Å². The lowest BCUT2D eigenvalue weighted by Crippen LogP contribution is -2.46. The van der Waals surface area contributed by atoms with Crippen LogP contribution in [0.25, 0.3) is 0 Å². The third-order valence-electron chi connectivity index (χ3n) is 4.76. The van der Waals surface area contributed by atoms with E-state index in [9.17, 15) is 0 Å². The molecule has 0 radical (unpaired) electrons. The van der Waals surface area contributed by atoms with Gasteiger partial charge in [-0.2, -0.15) is 0 Å². The van der Waals surface area contributed by atoms with Crippen molar-refractivity contribution < 1.29 is 0 Å². The highest BCUT2D eigenvalue weighted by atomic mass is 15.3. The van der Waals surface area contributed by atoms with E-state index in [1.165, 1.54) is 50.1 Å². The van der Waals surface area contributed by atoms with Crippen molar-refractivity contribution in [3.63, 3.8) is 0 Å². The van der Waals surface area contributed by atoms with Crippen LogP contribution in [0, 0.1) is 0 Å². The number of piperazine rings is 1. The first-order valence-electron chi connectivity index (χ1n) is 9.30. The Morgan fingerprint density at radius 3 is 2.30 bits per heavy atom. The van der Waals surface area contributed by atoms with Gasteiger partial charge in [-0.05, 0) is 50.2 Å². The van der Waals surface area contributed by atoms with Gasteiger partial charge in [0.15, 0.2) is 0 Å². The van der Waals surface area contributed by atoms with E-state index >= 15 is 0 Å². The Labute approximate surface area is 142 Å². The molecule has 4 nitrogen and oxygen atoms in total. The molecule has 1 aromatic rings. The number of likely N-dealkylation sites (N-methyl/N-ethyl adjacent to an activating group) is 1. The van der Waals surface area contributed by atoms with E-state index < -0.39 is 0 Å². The maximum Gasteiger partial charge on any atom is 0.0367 e. The summed E-state index contributed by atoms with van der Waals surface area (Å²) in [5.74, 6) is 0. The van der Waals surface area contributed by atoms with Crippen molar-refractivity contribution in [2.45, 2.75) is 39.2 Å². The molecule has 0 unspecified atom stereocenters. The molecule has 1 aliphatic heterocycles. The largest absolute Gasteiger partial charge is 0.369 e. The van der Waals surface area contributed by atoms with Crippen molar-refractivity contribution in [2.75, 3.05) is 50.7 Å². The fraction of sp³-hybridized carbons (Fsp3) is 0.684. The summed E-state index contributed by atoms with van der Waals surface area (Å²) >= 11 is 0. The lowest BCUT2D eigenvalue weighted by Gasteiger charge is -2.35. The fourth-order valence-corrected chi connectivity index (χ4v) is 3.13. The number of nitrogens with two attached hydrogens (primary N) is 1. The molecule has 1 fully saturated rings. The predicted molar refractivity (Wildman–Crippen MR) is 100.0 cm³/mol. The van der Waals surface area contributed by atoms with Gasteiger partial charge in [0.1, 0.15) is 0 Å².